The summed E-state index contributed by atoms with van der Waals surface area (Å²) in [4.78, 5) is 12.5. The zero-order valence-electron chi connectivity index (χ0n) is 16.3. The molecule has 7 nitrogen and oxygen atoms in total. The Morgan fingerprint density at radius 1 is 1.00 bits per heavy atom. The highest BCUT2D eigenvalue weighted by molar-refractivity contribution is 6.37. The van der Waals surface area contributed by atoms with Crippen molar-refractivity contribution in [3.05, 3.63) is 93.1 Å². The van der Waals surface area contributed by atoms with Crippen molar-refractivity contribution >= 4 is 46.5 Å². The van der Waals surface area contributed by atoms with Crippen molar-refractivity contribution in [2.24, 2.45) is 0 Å². The van der Waals surface area contributed by atoms with E-state index in [9.17, 15) is 9.18 Å². The Kier molecular flexibility index (Phi) is 6.64. The molecular weight excluding hydrogens is 480 g/mol. The highest BCUT2D eigenvalue weighted by atomic mass is 35.5. The summed E-state index contributed by atoms with van der Waals surface area (Å²) in [6.45, 7) is 0.295. The minimum Gasteiger partial charge on any atom is -0.468 e. The molecule has 0 saturated heterocycles. The fourth-order valence-corrected chi connectivity index (χ4v) is 3.57. The van der Waals surface area contributed by atoms with Crippen LogP contribution in [0.5, 0.6) is 5.75 Å². The molecule has 0 spiro atoms. The number of hydrogen-bond acceptors (Lipinski definition) is 4. The number of benzene rings is 2. The topological polar surface area (TPSA) is 74.0 Å². The molecule has 0 bridgehead atoms. The van der Waals surface area contributed by atoms with E-state index in [0.29, 0.717) is 27.9 Å². The van der Waals surface area contributed by atoms with E-state index in [2.05, 4.69) is 15.5 Å². The van der Waals surface area contributed by atoms with Gasteiger partial charge in [0.05, 0.1) is 16.6 Å². The Morgan fingerprint density at radius 3 is 2.50 bits per heavy atom. The molecule has 0 aliphatic carbocycles. The molecule has 0 aliphatic heterocycles. The third kappa shape index (κ3) is 5.21. The second-order valence-electron chi connectivity index (χ2n) is 6.67. The van der Waals surface area contributed by atoms with Gasteiger partial charge >= 0.3 is 0 Å². The number of carbonyl (C=O) groups is 1. The predicted octanol–water partition coefficient (Wildman–Crippen LogP) is 5.52. The van der Waals surface area contributed by atoms with Crippen LogP contribution in [0.25, 0.3) is 0 Å². The summed E-state index contributed by atoms with van der Waals surface area (Å²) < 4.78 is 21.9. The Labute approximate surface area is 197 Å². The molecule has 0 fully saturated rings. The largest absolute Gasteiger partial charge is 0.468 e. The van der Waals surface area contributed by atoms with Crippen molar-refractivity contribution in [3.63, 3.8) is 0 Å². The van der Waals surface area contributed by atoms with Crippen LogP contribution in [0.3, 0.4) is 0 Å². The lowest BCUT2D eigenvalue weighted by molar-refractivity contribution is 0.101. The number of halogens is 4. The third-order valence-corrected chi connectivity index (χ3v) is 5.19. The maximum atomic E-state index is 13.4. The van der Waals surface area contributed by atoms with Crippen LogP contribution in [0.4, 0.5) is 10.2 Å². The Bertz CT molecular complexity index is 1250. The molecule has 11 heteroatoms. The zero-order valence-corrected chi connectivity index (χ0v) is 18.6. The van der Waals surface area contributed by atoms with Crippen molar-refractivity contribution in [2.75, 3.05) is 5.32 Å². The summed E-state index contributed by atoms with van der Waals surface area (Å²) in [6, 6.07) is 12.7. The average molecular weight is 495 g/mol. The van der Waals surface area contributed by atoms with Gasteiger partial charge in [0.2, 0.25) is 0 Å². The molecule has 0 aliphatic rings. The van der Waals surface area contributed by atoms with Gasteiger partial charge in [0.25, 0.3) is 5.91 Å². The van der Waals surface area contributed by atoms with Crippen molar-refractivity contribution < 1.29 is 13.9 Å². The normalized spacial score (nSPS) is 10.9. The van der Waals surface area contributed by atoms with Gasteiger partial charge in [-0.05, 0) is 35.9 Å². The van der Waals surface area contributed by atoms with Gasteiger partial charge in [-0.15, -0.1) is 0 Å². The molecule has 1 amide bonds. The lowest BCUT2D eigenvalue weighted by Gasteiger charge is -2.09. The van der Waals surface area contributed by atoms with E-state index in [1.165, 1.54) is 27.6 Å². The minimum absolute atomic E-state index is 0.000246. The van der Waals surface area contributed by atoms with Gasteiger partial charge < -0.3 is 10.1 Å². The number of hydrogen-bond donors (Lipinski definition) is 1. The molecule has 164 valence electrons. The maximum Gasteiger partial charge on any atom is 0.277 e. The second kappa shape index (κ2) is 9.60. The lowest BCUT2D eigenvalue weighted by Crippen LogP contribution is -2.15. The molecule has 2 aromatic heterocycles. The molecule has 4 rings (SSSR count). The van der Waals surface area contributed by atoms with E-state index in [-0.39, 0.29) is 29.1 Å². The number of ether oxygens (including phenoxy) is 1. The van der Waals surface area contributed by atoms with Crippen LogP contribution in [0.2, 0.25) is 15.1 Å². The average Bonchev–Trinajstić information content (AvgIpc) is 3.34. The molecular formula is C21H15Cl3FN5O2. The number of carbonyl (C=O) groups excluding carboxylic acids is 1. The number of rotatable bonds is 7. The van der Waals surface area contributed by atoms with Gasteiger partial charge in [-0.3, -0.25) is 9.48 Å². The van der Waals surface area contributed by atoms with Crippen molar-refractivity contribution in [1.29, 1.82) is 0 Å². The second-order valence-corrected chi connectivity index (χ2v) is 7.89. The number of anilines is 1. The van der Waals surface area contributed by atoms with Crippen LogP contribution < -0.4 is 10.1 Å². The number of aromatic nitrogens is 4. The number of amides is 1. The summed E-state index contributed by atoms with van der Waals surface area (Å²) >= 11 is 18.3. The van der Waals surface area contributed by atoms with Crippen LogP contribution in [-0.4, -0.2) is 25.5 Å². The first-order valence-electron chi connectivity index (χ1n) is 9.28. The van der Waals surface area contributed by atoms with Gasteiger partial charge in [-0.1, -0.05) is 53.0 Å². The third-order valence-electron chi connectivity index (χ3n) is 4.32. The molecule has 0 saturated carbocycles. The number of para-hydroxylation sites is 1. The van der Waals surface area contributed by atoms with E-state index in [4.69, 9.17) is 39.5 Å². The van der Waals surface area contributed by atoms with Gasteiger partial charge in [0, 0.05) is 12.4 Å². The van der Waals surface area contributed by atoms with E-state index in [0.717, 1.165) is 0 Å². The van der Waals surface area contributed by atoms with Crippen LogP contribution in [0.15, 0.2) is 60.9 Å². The van der Waals surface area contributed by atoms with E-state index >= 15 is 0 Å². The Morgan fingerprint density at radius 2 is 1.75 bits per heavy atom. The summed E-state index contributed by atoms with van der Waals surface area (Å²) in [5.74, 6) is -0.349. The fraction of sp³-hybridized carbons (Fsp3) is 0.0952. The van der Waals surface area contributed by atoms with Gasteiger partial charge in [-0.2, -0.15) is 10.2 Å². The molecule has 0 atom stereocenters. The van der Waals surface area contributed by atoms with E-state index in [1.54, 1.807) is 42.7 Å². The SMILES string of the molecule is O=C(Nc1nn(Cc2cccc(F)c2)cc1Cl)c1ccn(COc2c(Cl)cccc2Cl)n1. The van der Waals surface area contributed by atoms with Gasteiger partial charge in [-0.25, -0.2) is 9.07 Å². The standard InChI is InChI=1S/C21H15Cl3FN5O2/c22-15-5-2-6-16(23)19(15)32-12-29-8-7-18(27-29)21(31)26-20-17(24)11-30(28-20)10-13-3-1-4-14(25)9-13/h1-9,11H,10,12H2,(H,26,28,31). The van der Waals surface area contributed by atoms with Crippen LogP contribution in [-0.2, 0) is 13.3 Å². The summed E-state index contributed by atoms with van der Waals surface area (Å²) in [6.07, 6.45) is 3.12. The molecule has 0 radical (unpaired) electrons. The van der Waals surface area contributed by atoms with E-state index in [1.807, 2.05) is 0 Å². The van der Waals surface area contributed by atoms with Crippen LogP contribution >= 0.6 is 34.8 Å². The molecule has 4 aromatic rings. The molecule has 1 N–H and O–H groups in total. The minimum atomic E-state index is -0.502. The fourth-order valence-electron chi connectivity index (χ4n) is 2.86. The zero-order chi connectivity index (χ0) is 22.7. The highest BCUT2D eigenvalue weighted by Crippen LogP contribution is 2.32. The Balaban J connectivity index is 1.39. The first-order valence-corrected chi connectivity index (χ1v) is 10.4. The number of nitrogens with zero attached hydrogens (tertiary/aromatic N) is 4. The van der Waals surface area contributed by atoms with Gasteiger partial charge in [0.1, 0.15) is 10.8 Å². The molecule has 32 heavy (non-hydrogen) atoms. The van der Waals surface area contributed by atoms with Crippen molar-refractivity contribution in [2.45, 2.75) is 13.3 Å². The summed E-state index contributed by atoms with van der Waals surface area (Å²) in [7, 11) is 0. The first-order chi connectivity index (χ1) is 15.4. The Hall–Kier alpha value is -3.07. The first kappa shape index (κ1) is 22.1. The monoisotopic (exact) mass is 493 g/mol. The molecule has 0 unspecified atom stereocenters. The smallest absolute Gasteiger partial charge is 0.277 e. The lowest BCUT2D eigenvalue weighted by atomic mass is 10.2. The quantitative estimate of drug-likeness (QED) is 0.367. The van der Waals surface area contributed by atoms with Gasteiger partial charge in [0.15, 0.2) is 24.0 Å². The van der Waals surface area contributed by atoms with Crippen molar-refractivity contribution in [3.8, 4) is 5.75 Å². The number of nitrogens with one attached hydrogen (secondary N) is 1. The maximum absolute atomic E-state index is 13.4. The van der Waals surface area contributed by atoms with E-state index < -0.39 is 5.91 Å². The van der Waals surface area contributed by atoms with Crippen molar-refractivity contribution in [1.82, 2.24) is 19.6 Å². The molecule has 2 heterocycles. The van der Waals surface area contributed by atoms with Crippen LogP contribution in [0.1, 0.15) is 16.1 Å². The summed E-state index contributed by atoms with van der Waals surface area (Å²) in [5, 5.41) is 12.0. The van der Waals surface area contributed by atoms with Crippen LogP contribution in [0, 0.1) is 5.82 Å². The predicted molar refractivity (Wildman–Crippen MR) is 120 cm³/mol. The summed E-state index contributed by atoms with van der Waals surface area (Å²) in [5.41, 5.74) is 0.842. The molecule has 2 aromatic carbocycles. The highest BCUT2D eigenvalue weighted by Gasteiger charge is 2.15.